The van der Waals surface area contributed by atoms with Crippen LogP contribution in [0.2, 0.25) is 0 Å². The predicted molar refractivity (Wildman–Crippen MR) is 85.0 cm³/mol. The number of carbonyl (C=O) groups is 1. The summed E-state index contributed by atoms with van der Waals surface area (Å²) in [5, 5.41) is 0.968. The molecule has 114 valence electrons. The number of morpholine rings is 1. The predicted octanol–water partition coefficient (Wildman–Crippen LogP) is 2.53. The molecule has 2 aliphatic heterocycles. The molecule has 22 heavy (non-hydrogen) atoms. The van der Waals surface area contributed by atoms with Gasteiger partial charge in [0, 0.05) is 35.1 Å². The fourth-order valence-electron chi connectivity index (χ4n) is 3.84. The van der Waals surface area contributed by atoms with E-state index in [1.165, 1.54) is 0 Å². The van der Waals surface area contributed by atoms with Gasteiger partial charge >= 0.3 is 0 Å². The van der Waals surface area contributed by atoms with Crippen LogP contribution in [0.15, 0.2) is 36.5 Å². The number of piperidine rings is 1. The number of hydrogen-bond acceptors (Lipinski definition) is 4. The number of likely N-dealkylation sites (N-methyl/N-ethyl adjacent to an activating group) is 1. The zero-order chi connectivity index (χ0) is 15.1. The molecular weight excluding hydrogens is 276 g/mol. The molecular formula is C18H20N2O2. The maximum atomic E-state index is 13.1. The van der Waals surface area contributed by atoms with E-state index in [0.29, 0.717) is 12.1 Å². The monoisotopic (exact) mass is 296 g/mol. The zero-order valence-electron chi connectivity index (χ0n) is 12.7. The van der Waals surface area contributed by atoms with Gasteiger partial charge in [-0.3, -0.25) is 14.7 Å². The largest absolute Gasteiger partial charge is 0.378 e. The van der Waals surface area contributed by atoms with Crippen LogP contribution in [0.25, 0.3) is 10.9 Å². The summed E-state index contributed by atoms with van der Waals surface area (Å²) in [6, 6.07) is 10.5. The van der Waals surface area contributed by atoms with Gasteiger partial charge in [-0.05, 0) is 32.0 Å². The highest BCUT2D eigenvalue weighted by Crippen LogP contribution is 2.33. The molecule has 2 bridgehead atoms. The number of nitrogens with zero attached hydrogens (tertiary/aromatic N) is 2. The Morgan fingerprint density at radius 3 is 2.68 bits per heavy atom. The van der Waals surface area contributed by atoms with Crippen LogP contribution in [0.1, 0.15) is 23.2 Å². The second-order valence-electron chi connectivity index (χ2n) is 6.42. The van der Waals surface area contributed by atoms with Crippen molar-refractivity contribution in [1.29, 1.82) is 0 Å². The Morgan fingerprint density at radius 2 is 1.91 bits per heavy atom. The van der Waals surface area contributed by atoms with Crippen LogP contribution < -0.4 is 0 Å². The standard InChI is InChI=1S/C18H20N2O2/c1-20-13-8-12(9-14(20)11-22-10-13)18(21)16-6-7-19-17-5-3-2-4-15(16)17/h2-7,12-14H,8-11H2,1H3. The van der Waals surface area contributed by atoms with E-state index < -0.39 is 0 Å². The van der Waals surface area contributed by atoms with Gasteiger partial charge in [0.2, 0.25) is 0 Å². The van der Waals surface area contributed by atoms with Gasteiger partial charge in [0.15, 0.2) is 5.78 Å². The van der Waals surface area contributed by atoms with Gasteiger partial charge < -0.3 is 4.74 Å². The zero-order valence-corrected chi connectivity index (χ0v) is 12.7. The van der Waals surface area contributed by atoms with Crippen LogP contribution in [0, 0.1) is 5.92 Å². The molecule has 2 unspecified atom stereocenters. The summed E-state index contributed by atoms with van der Waals surface area (Å²) in [6.45, 7) is 1.49. The smallest absolute Gasteiger partial charge is 0.166 e. The average molecular weight is 296 g/mol. The molecule has 0 aliphatic carbocycles. The Labute approximate surface area is 130 Å². The Morgan fingerprint density at radius 1 is 1.18 bits per heavy atom. The first-order valence-electron chi connectivity index (χ1n) is 7.91. The minimum absolute atomic E-state index is 0.0981. The van der Waals surface area contributed by atoms with E-state index in [4.69, 9.17) is 4.74 Å². The lowest BCUT2D eigenvalue weighted by molar-refractivity contribution is -0.0702. The fourth-order valence-corrected chi connectivity index (χ4v) is 3.84. The number of fused-ring (bicyclic) bond motifs is 3. The van der Waals surface area contributed by atoms with Gasteiger partial charge in [-0.15, -0.1) is 0 Å². The number of aromatic nitrogens is 1. The second kappa shape index (κ2) is 5.45. The highest BCUT2D eigenvalue weighted by molar-refractivity contribution is 6.08. The SMILES string of the molecule is CN1C2COCC1CC(C(=O)c1ccnc3ccccc13)C2. The summed E-state index contributed by atoms with van der Waals surface area (Å²) in [5.74, 6) is 0.365. The molecule has 0 spiro atoms. The number of rotatable bonds is 2. The van der Waals surface area contributed by atoms with E-state index in [9.17, 15) is 4.79 Å². The molecule has 2 aromatic rings. The lowest BCUT2D eigenvalue weighted by Crippen LogP contribution is -2.55. The Bertz CT molecular complexity index is 696. The third-order valence-corrected chi connectivity index (χ3v) is 5.17. The van der Waals surface area contributed by atoms with Crippen molar-refractivity contribution >= 4 is 16.7 Å². The Kier molecular flexibility index (Phi) is 3.43. The highest BCUT2D eigenvalue weighted by atomic mass is 16.5. The van der Waals surface area contributed by atoms with E-state index in [1.54, 1.807) is 6.20 Å². The minimum atomic E-state index is 0.0981. The van der Waals surface area contributed by atoms with Crippen molar-refractivity contribution in [1.82, 2.24) is 9.88 Å². The van der Waals surface area contributed by atoms with Gasteiger partial charge in [-0.2, -0.15) is 0 Å². The normalized spacial score (nSPS) is 28.7. The van der Waals surface area contributed by atoms with Crippen molar-refractivity contribution in [2.75, 3.05) is 20.3 Å². The van der Waals surface area contributed by atoms with Gasteiger partial charge in [-0.1, -0.05) is 18.2 Å². The number of carbonyl (C=O) groups excluding carboxylic acids is 1. The molecule has 4 nitrogen and oxygen atoms in total. The van der Waals surface area contributed by atoms with Crippen LogP contribution in [-0.2, 0) is 4.74 Å². The summed E-state index contributed by atoms with van der Waals surface area (Å²) in [5.41, 5.74) is 1.71. The maximum absolute atomic E-state index is 13.1. The van der Waals surface area contributed by atoms with Crippen LogP contribution in [-0.4, -0.2) is 48.0 Å². The van der Waals surface area contributed by atoms with E-state index in [0.717, 1.165) is 42.5 Å². The average Bonchev–Trinajstić information content (AvgIpc) is 2.53. The fraction of sp³-hybridized carbons (Fsp3) is 0.444. The summed E-state index contributed by atoms with van der Waals surface area (Å²) in [7, 11) is 2.15. The first-order chi connectivity index (χ1) is 10.7. The number of para-hydroxylation sites is 1. The molecule has 3 heterocycles. The number of hydrogen-bond donors (Lipinski definition) is 0. The minimum Gasteiger partial charge on any atom is -0.378 e. The quantitative estimate of drug-likeness (QED) is 0.799. The number of Topliss-reactive ketones (excluding diaryl/α,β-unsaturated/α-hetero) is 1. The summed E-state index contributed by atoms with van der Waals surface area (Å²) in [6.07, 6.45) is 3.53. The van der Waals surface area contributed by atoms with Gasteiger partial charge in [0.05, 0.1) is 18.7 Å². The molecule has 0 saturated carbocycles. The molecule has 2 aliphatic rings. The molecule has 4 heteroatoms. The van der Waals surface area contributed by atoms with Crippen LogP contribution in [0.4, 0.5) is 0 Å². The summed E-state index contributed by atoms with van der Waals surface area (Å²) >= 11 is 0. The second-order valence-corrected chi connectivity index (χ2v) is 6.42. The lowest BCUT2D eigenvalue weighted by atomic mass is 9.80. The van der Waals surface area contributed by atoms with Gasteiger partial charge in [-0.25, -0.2) is 0 Å². The molecule has 4 rings (SSSR count). The number of ketones is 1. The molecule has 0 N–H and O–H groups in total. The lowest BCUT2D eigenvalue weighted by Gasteiger charge is -2.46. The van der Waals surface area contributed by atoms with Crippen molar-refractivity contribution in [3.63, 3.8) is 0 Å². The third-order valence-electron chi connectivity index (χ3n) is 5.17. The Hall–Kier alpha value is -1.78. The van der Waals surface area contributed by atoms with Gasteiger partial charge in [0.25, 0.3) is 0 Å². The Balaban J connectivity index is 1.66. The third kappa shape index (κ3) is 2.23. The van der Waals surface area contributed by atoms with Crippen LogP contribution in [0.3, 0.4) is 0 Å². The topological polar surface area (TPSA) is 42.4 Å². The van der Waals surface area contributed by atoms with Crippen molar-refractivity contribution in [3.05, 3.63) is 42.1 Å². The van der Waals surface area contributed by atoms with Crippen molar-refractivity contribution < 1.29 is 9.53 Å². The van der Waals surface area contributed by atoms with Crippen molar-refractivity contribution in [2.45, 2.75) is 24.9 Å². The molecule has 1 aromatic heterocycles. The van der Waals surface area contributed by atoms with Crippen molar-refractivity contribution in [2.24, 2.45) is 5.92 Å². The number of ether oxygens (including phenoxy) is 1. The van der Waals surface area contributed by atoms with E-state index in [-0.39, 0.29) is 11.7 Å². The number of pyridine rings is 1. The molecule has 2 atom stereocenters. The molecule has 2 saturated heterocycles. The summed E-state index contributed by atoms with van der Waals surface area (Å²) in [4.78, 5) is 19.8. The van der Waals surface area contributed by atoms with E-state index >= 15 is 0 Å². The van der Waals surface area contributed by atoms with Crippen LogP contribution >= 0.6 is 0 Å². The molecule has 0 radical (unpaired) electrons. The van der Waals surface area contributed by atoms with E-state index in [2.05, 4.69) is 16.9 Å². The first kappa shape index (κ1) is 13.9. The van der Waals surface area contributed by atoms with E-state index in [1.807, 2.05) is 30.3 Å². The molecule has 2 fully saturated rings. The van der Waals surface area contributed by atoms with Crippen LogP contribution in [0.5, 0.6) is 0 Å². The first-order valence-corrected chi connectivity index (χ1v) is 7.91. The summed E-state index contributed by atoms with van der Waals surface area (Å²) < 4.78 is 5.65. The maximum Gasteiger partial charge on any atom is 0.166 e. The van der Waals surface area contributed by atoms with Gasteiger partial charge in [0.1, 0.15) is 0 Å². The highest BCUT2D eigenvalue weighted by Gasteiger charge is 2.39. The van der Waals surface area contributed by atoms with Crippen molar-refractivity contribution in [3.8, 4) is 0 Å². The molecule has 1 aromatic carbocycles. The molecule has 0 amide bonds. The number of benzene rings is 1.